The molecular weight excluding hydrogens is 275 g/mol. The molecule has 0 aliphatic rings. The maximum atomic E-state index is 6.11. The van der Waals surface area contributed by atoms with Gasteiger partial charge in [0.25, 0.3) is 0 Å². The molecule has 0 nitrogen and oxygen atoms in total. The largest absolute Gasteiger partial charge is 0.0841 e. The zero-order valence-corrected chi connectivity index (χ0v) is 13.2. The summed E-state index contributed by atoms with van der Waals surface area (Å²) >= 11 is 12.2. The van der Waals surface area contributed by atoms with E-state index < -0.39 is 0 Å². The highest BCUT2D eigenvalue weighted by Crippen LogP contribution is 2.34. The van der Waals surface area contributed by atoms with Crippen molar-refractivity contribution in [2.45, 2.75) is 33.1 Å². The highest BCUT2D eigenvalue weighted by molar-refractivity contribution is 6.31. The van der Waals surface area contributed by atoms with Gasteiger partial charge < -0.3 is 0 Å². The van der Waals surface area contributed by atoms with E-state index in [4.69, 9.17) is 23.2 Å². The molecule has 2 aromatic rings. The summed E-state index contributed by atoms with van der Waals surface area (Å²) in [6.07, 6.45) is 0. The van der Waals surface area contributed by atoms with Gasteiger partial charge in [-0.1, -0.05) is 61.3 Å². The topological polar surface area (TPSA) is 0 Å². The van der Waals surface area contributed by atoms with Crippen LogP contribution in [-0.2, 0) is 5.41 Å². The first-order chi connectivity index (χ1) is 8.82. The van der Waals surface area contributed by atoms with Gasteiger partial charge in [0.2, 0.25) is 0 Å². The third kappa shape index (κ3) is 2.80. The number of halogens is 2. The average Bonchev–Trinajstić information content (AvgIpc) is 2.35. The molecule has 0 saturated carbocycles. The summed E-state index contributed by atoms with van der Waals surface area (Å²) in [6, 6.07) is 12.4. The van der Waals surface area contributed by atoms with Crippen molar-refractivity contribution in [3.63, 3.8) is 0 Å². The van der Waals surface area contributed by atoms with Crippen molar-refractivity contribution < 1.29 is 0 Å². The highest BCUT2D eigenvalue weighted by Gasteiger charge is 2.23. The van der Waals surface area contributed by atoms with E-state index in [1.807, 2.05) is 26.0 Å². The van der Waals surface area contributed by atoms with Gasteiger partial charge in [-0.25, -0.2) is 0 Å². The Morgan fingerprint density at radius 1 is 0.737 bits per heavy atom. The van der Waals surface area contributed by atoms with Crippen molar-refractivity contribution in [1.82, 2.24) is 0 Å². The van der Waals surface area contributed by atoms with E-state index in [1.54, 1.807) is 0 Å². The molecule has 100 valence electrons. The molecule has 19 heavy (non-hydrogen) atoms. The van der Waals surface area contributed by atoms with E-state index in [0.29, 0.717) is 0 Å². The minimum Gasteiger partial charge on any atom is -0.0841 e. The molecule has 0 bridgehead atoms. The van der Waals surface area contributed by atoms with Crippen molar-refractivity contribution in [2.24, 2.45) is 0 Å². The first-order valence-corrected chi connectivity index (χ1v) is 7.11. The van der Waals surface area contributed by atoms with Crippen LogP contribution in [0.1, 0.15) is 36.1 Å². The molecule has 0 amide bonds. The molecule has 0 saturated heterocycles. The van der Waals surface area contributed by atoms with E-state index >= 15 is 0 Å². The van der Waals surface area contributed by atoms with E-state index in [0.717, 1.165) is 21.2 Å². The molecule has 2 rings (SSSR count). The predicted molar refractivity (Wildman–Crippen MR) is 84.5 cm³/mol. The summed E-state index contributed by atoms with van der Waals surface area (Å²) < 4.78 is 0. The third-order valence-corrected chi connectivity index (χ3v) is 4.61. The van der Waals surface area contributed by atoms with Crippen LogP contribution in [0.2, 0.25) is 10.0 Å². The molecule has 0 aliphatic carbocycles. The van der Waals surface area contributed by atoms with E-state index in [1.165, 1.54) is 11.1 Å². The summed E-state index contributed by atoms with van der Waals surface area (Å²) in [7, 11) is 0. The first-order valence-electron chi connectivity index (χ1n) is 6.35. The van der Waals surface area contributed by atoms with Gasteiger partial charge in [0, 0.05) is 15.5 Å². The summed E-state index contributed by atoms with van der Waals surface area (Å²) in [5.41, 5.74) is 4.67. The van der Waals surface area contributed by atoms with Crippen molar-refractivity contribution in [1.29, 1.82) is 0 Å². The molecule has 0 fully saturated rings. The van der Waals surface area contributed by atoms with Gasteiger partial charge in [0.05, 0.1) is 0 Å². The van der Waals surface area contributed by atoms with Crippen molar-refractivity contribution in [2.75, 3.05) is 0 Å². The van der Waals surface area contributed by atoms with Crippen LogP contribution < -0.4 is 0 Å². The van der Waals surface area contributed by atoms with E-state index in [9.17, 15) is 0 Å². The average molecular weight is 293 g/mol. The quantitative estimate of drug-likeness (QED) is 0.643. The van der Waals surface area contributed by atoms with E-state index in [-0.39, 0.29) is 5.41 Å². The van der Waals surface area contributed by atoms with Crippen LogP contribution in [-0.4, -0.2) is 0 Å². The minimum absolute atomic E-state index is 0.0648. The van der Waals surface area contributed by atoms with Crippen molar-refractivity contribution in [3.05, 3.63) is 68.7 Å². The molecule has 0 unspecified atom stereocenters. The number of hydrogen-bond donors (Lipinski definition) is 0. The Kier molecular flexibility index (Phi) is 3.94. The lowest BCUT2D eigenvalue weighted by Gasteiger charge is -2.27. The van der Waals surface area contributed by atoms with Crippen LogP contribution >= 0.6 is 23.2 Å². The zero-order valence-electron chi connectivity index (χ0n) is 11.7. The first kappa shape index (κ1) is 14.4. The molecule has 0 heterocycles. The van der Waals surface area contributed by atoms with Gasteiger partial charge in [-0.15, -0.1) is 0 Å². The molecule has 0 radical (unpaired) electrons. The van der Waals surface area contributed by atoms with Gasteiger partial charge >= 0.3 is 0 Å². The smallest absolute Gasteiger partial charge is 0.0435 e. The third-order valence-electron chi connectivity index (χ3n) is 3.76. The summed E-state index contributed by atoms with van der Waals surface area (Å²) in [5.74, 6) is 0. The van der Waals surface area contributed by atoms with Crippen LogP contribution in [0.25, 0.3) is 0 Å². The Balaban J connectivity index is 2.51. The fourth-order valence-electron chi connectivity index (χ4n) is 2.23. The molecule has 2 aromatic carbocycles. The molecule has 0 aliphatic heterocycles. The molecule has 0 N–H and O–H groups in total. The van der Waals surface area contributed by atoms with Crippen LogP contribution in [0, 0.1) is 13.8 Å². The SMILES string of the molecule is Cc1cc(C(C)(C)c2ccc(Cl)c(C)c2)ccc1Cl. The Morgan fingerprint density at radius 3 is 1.42 bits per heavy atom. The Morgan fingerprint density at radius 2 is 1.11 bits per heavy atom. The summed E-state index contributed by atoms with van der Waals surface area (Å²) in [5, 5.41) is 1.62. The minimum atomic E-state index is -0.0648. The highest BCUT2D eigenvalue weighted by atomic mass is 35.5. The van der Waals surface area contributed by atoms with Gasteiger partial charge in [0.1, 0.15) is 0 Å². The van der Waals surface area contributed by atoms with Crippen LogP contribution in [0.5, 0.6) is 0 Å². The molecule has 2 heteroatoms. The fraction of sp³-hybridized carbons (Fsp3) is 0.294. The standard InChI is InChI=1S/C17H18Cl2/c1-11-9-13(5-7-15(11)18)17(3,4)14-6-8-16(19)12(2)10-14/h5-10H,1-4H3. The lowest BCUT2D eigenvalue weighted by atomic mass is 9.77. The maximum Gasteiger partial charge on any atom is 0.0435 e. The molecule has 0 spiro atoms. The summed E-state index contributed by atoms with van der Waals surface area (Å²) in [6.45, 7) is 8.51. The van der Waals surface area contributed by atoms with Crippen molar-refractivity contribution >= 4 is 23.2 Å². The number of rotatable bonds is 2. The lowest BCUT2D eigenvalue weighted by Crippen LogP contribution is -2.19. The lowest BCUT2D eigenvalue weighted by molar-refractivity contribution is 0.639. The molecular formula is C17H18Cl2. The Bertz CT molecular complexity index is 559. The molecule has 0 aromatic heterocycles. The maximum absolute atomic E-state index is 6.11. The normalized spacial score (nSPS) is 11.7. The van der Waals surface area contributed by atoms with Crippen LogP contribution in [0.4, 0.5) is 0 Å². The Labute approximate surface area is 125 Å². The monoisotopic (exact) mass is 292 g/mol. The van der Waals surface area contributed by atoms with E-state index in [2.05, 4.69) is 38.1 Å². The molecule has 0 atom stereocenters. The van der Waals surface area contributed by atoms with Gasteiger partial charge in [-0.3, -0.25) is 0 Å². The van der Waals surface area contributed by atoms with Gasteiger partial charge in [-0.05, 0) is 48.2 Å². The number of hydrogen-bond acceptors (Lipinski definition) is 0. The number of benzene rings is 2. The fourth-order valence-corrected chi connectivity index (χ4v) is 2.47. The zero-order chi connectivity index (χ0) is 14.2. The number of aryl methyl sites for hydroxylation is 2. The van der Waals surface area contributed by atoms with Crippen LogP contribution in [0.3, 0.4) is 0 Å². The Hall–Kier alpha value is -0.980. The second-order valence-corrected chi connectivity index (χ2v) is 6.37. The summed E-state index contributed by atoms with van der Waals surface area (Å²) in [4.78, 5) is 0. The van der Waals surface area contributed by atoms with Gasteiger partial charge in [-0.2, -0.15) is 0 Å². The van der Waals surface area contributed by atoms with Crippen molar-refractivity contribution in [3.8, 4) is 0 Å². The van der Waals surface area contributed by atoms with Crippen LogP contribution in [0.15, 0.2) is 36.4 Å². The second kappa shape index (κ2) is 5.19. The predicted octanol–water partition coefficient (Wildman–Crippen LogP) is 5.94. The second-order valence-electron chi connectivity index (χ2n) is 5.55. The van der Waals surface area contributed by atoms with Gasteiger partial charge in [0.15, 0.2) is 0 Å².